The highest BCUT2D eigenvalue weighted by molar-refractivity contribution is 5.44. The van der Waals surface area contributed by atoms with Crippen LogP contribution in [0.15, 0.2) is 30.6 Å². The van der Waals surface area contributed by atoms with Crippen molar-refractivity contribution in [3.05, 3.63) is 41.9 Å². The average Bonchev–Trinajstić information content (AvgIpc) is 2.47. The second kappa shape index (κ2) is 6.84. The summed E-state index contributed by atoms with van der Waals surface area (Å²) in [4.78, 5) is 15.2. The van der Waals surface area contributed by atoms with Crippen LogP contribution in [0, 0.1) is 6.92 Å². The van der Waals surface area contributed by atoms with Gasteiger partial charge in [0.05, 0.1) is 0 Å². The molecule has 2 rings (SSSR count). The summed E-state index contributed by atoms with van der Waals surface area (Å²) in [6, 6.07) is 5.98. The summed E-state index contributed by atoms with van der Waals surface area (Å²) in [5, 5.41) is 3.27. The van der Waals surface area contributed by atoms with E-state index in [9.17, 15) is 0 Å². The second-order valence-corrected chi connectivity index (χ2v) is 4.57. The van der Waals surface area contributed by atoms with Gasteiger partial charge in [0.2, 0.25) is 5.95 Å². The van der Waals surface area contributed by atoms with Crippen LogP contribution in [0.4, 0.5) is 11.8 Å². The first-order chi connectivity index (χ1) is 9.72. The predicted octanol–water partition coefficient (Wildman–Crippen LogP) is 2.64. The molecule has 0 aliphatic heterocycles. The van der Waals surface area contributed by atoms with Crippen LogP contribution in [0.3, 0.4) is 0 Å². The summed E-state index contributed by atoms with van der Waals surface area (Å²) >= 11 is 0. The lowest BCUT2D eigenvalue weighted by Gasteiger charge is -2.20. The van der Waals surface area contributed by atoms with E-state index in [0.29, 0.717) is 12.5 Å². The first-order valence-corrected chi connectivity index (χ1v) is 6.96. The van der Waals surface area contributed by atoms with Crippen LogP contribution in [-0.2, 0) is 6.54 Å². The molecule has 0 saturated heterocycles. The summed E-state index contributed by atoms with van der Waals surface area (Å²) < 4.78 is 0. The molecule has 0 amide bonds. The van der Waals surface area contributed by atoms with Gasteiger partial charge < -0.3 is 10.2 Å². The average molecular weight is 271 g/mol. The Morgan fingerprint density at radius 1 is 1.10 bits per heavy atom. The largest absolute Gasteiger partial charge is 0.357 e. The monoisotopic (exact) mass is 271 g/mol. The van der Waals surface area contributed by atoms with E-state index in [2.05, 4.69) is 39.0 Å². The second-order valence-electron chi connectivity index (χ2n) is 4.57. The van der Waals surface area contributed by atoms with Gasteiger partial charge in [-0.3, -0.25) is 4.98 Å². The lowest BCUT2D eigenvalue weighted by Crippen LogP contribution is -2.23. The van der Waals surface area contributed by atoms with Crippen LogP contribution >= 0.6 is 0 Å². The molecule has 0 unspecified atom stereocenters. The van der Waals surface area contributed by atoms with E-state index in [-0.39, 0.29) is 0 Å². The molecule has 2 aromatic heterocycles. The minimum absolute atomic E-state index is 0.670. The fraction of sp³-hybridized carbons (Fsp3) is 0.400. The standard InChI is InChI=1S/C15H21N5/c1-4-20(5-2)14-10-12(3)18-15(19-14)17-11-13-6-8-16-9-7-13/h6-10H,4-5,11H2,1-3H3,(H,17,18,19). The minimum atomic E-state index is 0.670. The van der Waals surface area contributed by atoms with Gasteiger partial charge in [-0.05, 0) is 38.5 Å². The summed E-state index contributed by atoms with van der Waals surface area (Å²) in [7, 11) is 0. The zero-order valence-electron chi connectivity index (χ0n) is 12.3. The summed E-state index contributed by atoms with van der Waals surface area (Å²) in [6.07, 6.45) is 3.57. The van der Waals surface area contributed by atoms with Gasteiger partial charge in [0.15, 0.2) is 0 Å². The molecule has 0 bridgehead atoms. The third-order valence-corrected chi connectivity index (χ3v) is 3.13. The Bertz CT molecular complexity index is 537. The number of pyridine rings is 1. The Hall–Kier alpha value is -2.17. The SMILES string of the molecule is CCN(CC)c1cc(C)nc(NCc2ccncc2)n1. The van der Waals surface area contributed by atoms with E-state index in [1.165, 1.54) is 0 Å². The predicted molar refractivity (Wildman–Crippen MR) is 81.9 cm³/mol. The van der Waals surface area contributed by atoms with E-state index in [1.54, 1.807) is 12.4 Å². The molecule has 20 heavy (non-hydrogen) atoms. The van der Waals surface area contributed by atoms with Gasteiger partial charge in [0.25, 0.3) is 0 Å². The van der Waals surface area contributed by atoms with Crippen molar-refractivity contribution in [3.8, 4) is 0 Å². The highest BCUT2D eigenvalue weighted by Gasteiger charge is 2.07. The van der Waals surface area contributed by atoms with E-state index in [4.69, 9.17) is 0 Å². The van der Waals surface area contributed by atoms with Crippen molar-refractivity contribution >= 4 is 11.8 Å². The van der Waals surface area contributed by atoms with Crippen molar-refractivity contribution in [3.63, 3.8) is 0 Å². The molecule has 0 radical (unpaired) electrons. The van der Waals surface area contributed by atoms with Crippen molar-refractivity contribution in [2.75, 3.05) is 23.3 Å². The minimum Gasteiger partial charge on any atom is -0.357 e. The molecule has 106 valence electrons. The number of nitrogens with zero attached hydrogens (tertiary/aromatic N) is 4. The molecule has 0 atom stereocenters. The van der Waals surface area contributed by atoms with E-state index in [1.807, 2.05) is 25.1 Å². The lowest BCUT2D eigenvalue weighted by atomic mass is 10.3. The van der Waals surface area contributed by atoms with Crippen molar-refractivity contribution in [2.24, 2.45) is 0 Å². The molecule has 2 aromatic rings. The Morgan fingerprint density at radius 2 is 1.80 bits per heavy atom. The summed E-state index contributed by atoms with van der Waals surface area (Å²) in [5.74, 6) is 1.64. The van der Waals surface area contributed by atoms with Gasteiger partial charge in [-0.15, -0.1) is 0 Å². The van der Waals surface area contributed by atoms with Crippen LogP contribution in [0.1, 0.15) is 25.1 Å². The van der Waals surface area contributed by atoms with Crippen molar-refractivity contribution in [1.82, 2.24) is 15.0 Å². The molecule has 0 spiro atoms. The first kappa shape index (κ1) is 14.2. The van der Waals surface area contributed by atoms with Crippen LogP contribution in [0.25, 0.3) is 0 Å². The Labute approximate surface area is 120 Å². The Morgan fingerprint density at radius 3 is 2.45 bits per heavy atom. The number of hydrogen-bond acceptors (Lipinski definition) is 5. The molecular formula is C15H21N5. The van der Waals surface area contributed by atoms with Gasteiger partial charge in [-0.1, -0.05) is 0 Å². The quantitative estimate of drug-likeness (QED) is 0.875. The summed E-state index contributed by atoms with van der Waals surface area (Å²) in [5.41, 5.74) is 2.13. The number of nitrogens with one attached hydrogen (secondary N) is 1. The normalized spacial score (nSPS) is 10.3. The molecular weight excluding hydrogens is 250 g/mol. The third-order valence-electron chi connectivity index (χ3n) is 3.13. The molecule has 0 aromatic carbocycles. The smallest absolute Gasteiger partial charge is 0.225 e. The number of rotatable bonds is 6. The fourth-order valence-corrected chi connectivity index (χ4v) is 2.02. The highest BCUT2D eigenvalue weighted by atomic mass is 15.2. The van der Waals surface area contributed by atoms with Crippen molar-refractivity contribution in [2.45, 2.75) is 27.3 Å². The van der Waals surface area contributed by atoms with Crippen molar-refractivity contribution < 1.29 is 0 Å². The van der Waals surface area contributed by atoms with E-state index >= 15 is 0 Å². The van der Waals surface area contributed by atoms with Gasteiger partial charge in [-0.25, -0.2) is 4.98 Å². The molecule has 0 fully saturated rings. The fourth-order valence-electron chi connectivity index (χ4n) is 2.02. The maximum Gasteiger partial charge on any atom is 0.225 e. The van der Waals surface area contributed by atoms with Gasteiger partial charge in [-0.2, -0.15) is 4.98 Å². The molecule has 5 heteroatoms. The molecule has 0 aliphatic rings. The number of hydrogen-bond donors (Lipinski definition) is 1. The molecule has 1 N–H and O–H groups in total. The number of anilines is 2. The number of aryl methyl sites for hydroxylation is 1. The Kier molecular flexibility index (Phi) is 4.87. The maximum atomic E-state index is 4.58. The van der Waals surface area contributed by atoms with Gasteiger partial charge in [0, 0.05) is 43.8 Å². The molecule has 0 saturated carbocycles. The zero-order valence-corrected chi connectivity index (χ0v) is 12.3. The molecule has 5 nitrogen and oxygen atoms in total. The number of aromatic nitrogens is 3. The first-order valence-electron chi connectivity index (χ1n) is 6.96. The summed E-state index contributed by atoms with van der Waals surface area (Å²) in [6.45, 7) is 8.83. The van der Waals surface area contributed by atoms with Crippen LogP contribution in [-0.4, -0.2) is 28.0 Å². The zero-order chi connectivity index (χ0) is 14.4. The maximum absolute atomic E-state index is 4.58. The molecule has 2 heterocycles. The topological polar surface area (TPSA) is 53.9 Å². The van der Waals surface area contributed by atoms with Gasteiger partial charge in [0.1, 0.15) is 5.82 Å². The van der Waals surface area contributed by atoms with Gasteiger partial charge >= 0.3 is 0 Å². The van der Waals surface area contributed by atoms with E-state index < -0.39 is 0 Å². The van der Waals surface area contributed by atoms with Crippen LogP contribution in [0.2, 0.25) is 0 Å². The highest BCUT2D eigenvalue weighted by Crippen LogP contribution is 2.15. The third kappa shape index (κ3) is 3.66. The Balaban J connectivity index is 2.12. The van der Waals surface area contributed by atoms with Crippen molar-refractivity contribution in [1.29, 1.82) is 0 Å². The van der Waals surface area contributed by atoms with Crippen LogP contribution < -0.4 is 10.2 Å². The van der Waals surface area contributed by atoms with Crippen LogP contribution in [0.5, 0.6) is 0 Å². The van der Waals surface area contributed by atoms with E-state index in [0.717, 1.165) is 30.2 Å². The lowest BCUT2D eigenvalue weighted by molar-refractivity contribution is 0.838. The molecule has 0 aliphatic carbocycles.